The Morgan fingerprint density at radius 1 is 1.47 bits per heavy atom. The Kier molecular flexibility index (Phi) is 5.93. The lowest BCUT2D eigenvalue weighted by molar-refractivity contribution is 0.0522. The zero-order chi connectivity index (χ0) is 12.9. The molecule has 0 radical (unpaired) electrons. The minimum Gasteiger partial charge on any atom is -0.390 e. The summed E-state index contributed by atoms with van der Waals surface area (Å²) in [6.07, 6.45) is 1.43. The van der Waals surface area contributed by atoms with Crippen LogP contribution < -0.4 is 5.32 Å². The van der Waals surface area contributed by atoms with Gasteiger partial charge in [0.05, 0.1) is 9.94 Å². The molecular formula is C13H22ClNOS. The first kappa shape index (κ1) is 15.0. The number of aliphatic hydroxyl groups is 1. The SMILES string of the molecule is CC(C)CNCCC(C)(O)Cc1ccc(Cl)s1. The molecule has 1 rings (SSSR count). The molecule has 2 nitrogen and oxygen atoms in total. The van der Waals surface area contributed by atoms with Gasteiger partial charge in [-0.3, -0.25) is 0 Å². The summed E-state index contributed by atoms with van der Waals surface area (Å²) in [6, 6.07) is 3.87. The van der Waals surface area contributed by atoms with Crippen LogP contribution in [0.3, 0.4) is 0 Å². The topological polar surface area (TPSA) is 32.3 Å². The Morgan fingerprint density at radius 2 is 2.18 bits per heavy atom. The molecule has 17 heavy (non-hydrogen) atoms. The fourth-order valence-electron chi connectivity index (χ4n) is 1.66. The van der Waals surface area contributed by atoms with Crippen LogP contribution in [0.5, 0.6) is 0 Å². The molecule has 0 saturated heterocycles. The van der Waals surface area contributed by atoms with Crippen molar-refractivity contribution in [2.75, 3.05) is 13.1 Å². The maximum atomic E-state index is 10.3. The van der Waals surface area contributed by atoms with Gasteiger partial charge in [-0.1, -0.05) is 25.4 Å². The maximum Gasteiger partial charge on any atom is 0.0931 e. The average molecular weight is 276 g/mol. The number of rotatable bonds is 7. The zero-order valence-electron chi connectivity index (χ0n) is 10.8. The molecule has 1 heterocycles. The first-order chi connectivity index (χ1) is 7.89. The molecule has 0 saturated carbocycles. The van der Waals surface area contributed by atoms with E-state index in [1.165, 1.54) is 0 Å². The van der Waals surface area contributed by atoms with Gasteiger partial charge < -0.3 is 10.4 Å². The second-order valence-electron chi connectivity index (χ2n) is 5.23. The number of hydrogen-bond donors (Lipinski definition) is 2. The normalized spacial score (nSPS) is 15.2. The van der Waals surface area contributed by atoms with Crippen molar-refractivity contribution < 1.29 is 5.11 Å². The van der Waals surface area contributed by atoms with E-state index in [0.717, 1.165) is 28.7 Å². The van der Waals surface area contributed by atoms with Crippen LogP contribution in [0.25, 0.3) is 0 Å². The van der Waals surface area contributed by atoms with Crippen molar-refractivity contribution >= 4 is 22.9 Å². The van der Waals surface area contributed by atoms with E-state index in [2.05, 4.69) is 19.2 Å². The molecule has 0 fully saturated rings. The highest BCUT2D eigenvalue weighted by Gasteiger charge is 2.21. The van der Waals surface area contributed by atoms with Gasteiger partial charge >= 0.3 is 0 Å². The second kappa shape index (κ2) is 6.74. The number of hydrogen-bond acceptors (Lipinski definition) is 3. The lowest BCUT2D eigenvalue weighted by Gasteiger charge is -2.23. The molecule has 98 valence electrons. The van der Waals surface area contributed by atoms with Gasteiger partial charge in [-0.05, 0) is 44.5 Å². The maximum absolute atomic E-state index is 10.3. The first-order valence-corrected chi connectivity index (χ1v) is 7.26. The molecule has 4 heteroatoms. The number of halogens is 1. The van der Waals surface area contributed by atoms with Gasteiger partial charge in [-0.15, -0.1) is 11.3 Å². The van der Waals surface area contributed by atoms with Crippen LogP contribution in [0.15, 0.2) is 12.1 Å². The van der Waals surface area contributed by atoms with E-state index >= 15 is 0 Å². The summed E-state index contributed by atoms with van der Waals surface area (Å²) in [5.41, 5.74) is -0.655. The Hall–Kier alpha value is -0.0900. The molecule has 0 aliphatic rings. The standard InChI is InChI=1S/C13H22ClNOS/c1-10(2)9-15-7-6-13(3,16)8-11-4-5-12(14)17-11/h4-5,10,15-16H,6-9H2,1-3H3. The van der Waals surface area contributed by atoms with Gasteiger partial charge in [0.15, 0.2) is 0 Å². The highest BCUT2D eigenvalue weighted by molar-refractivity contribution is 7.16. The Labute approximate surface area is 113 Å². The molecule has 0 amide bonds. The number of thiophene rings is 1. The van der Waals surface area contributed by atoms with Crippen LogP contribution in [0.4, 0.5) is 0 Å². The van der Waals surface area contributed by atoms with E-state index in [9.17, 15) is 5.11 Å². The Morgan fingerprint density at radius 3 is 2.71 bits per heavy atom. The van der Waals surface area contributed by atoms with Crippen molar-refractivity contribution in [1.82, 2.24) is 5.32 Å². The molecule has 1 aromatic rings. The molecule has 0 aliphatic carbocycles. The summed E-state index contributed by atoms with van der Waals surface area (Å²) in [6.45, 7) is 8.10. The summed E-state index contributed by atoms with van der Waals surface area (Å²) in [5, 5.41) is 13.6. The van der Waals surface area contributed by atoms with Crippen LogP contribution in [-0.4, -0.2) is 23.8 Å². The van der Waals surface area contributed by atoms with Crippen LogP contribution in [0, 0.1) is 5.92 Å². The van der Waals surface area contributed by atoms with Gasteiger partial charge in [0.1, 0.15) is 0 Å². The van der Waals surface area contributed by atoms with Crippen LogP contribution >= 0.6 is 22.9 Å². The van der Waals surface area contributed by atoms with Crippen LogP contribution in [0.1, 0.15) is 32.1 Å². The summed E-state index contributed by atoms with van der Waals surface area (Å²) in [5.74, 6) is 0.649. The molecule has 0 bridgehead atoms. The molecule has 1 unspecified atom stereocenters. The van der Waals surface area contributed by atoms with Gasteiger partial charge in [-0.2, -0.15) is 0 Å². The summed E-state index contributed by atoms with van der Waals surface area (Å²) < 4.78 is 0.786. The lowest BCUT2D eigenvalue weighted by atomic mass is 9.97. The van der Waals surface area contributed by atoms with E-state index in [0.29, 0.717) is 12.3 Å². The largest absolute Gasteiger partial charge is 0.390 e. The predicted molar refractivity (Wildman–Crippen MR) is 76.0 cm³/mol. The van der Waals surface area contributed by atoms with Crippen molar-refractivity contribution in [3.63, 3.8) is 0 Å². The fourth-order valence-corrected chi connectivity index (χ4v) is 2.92. The molecule has 0 spiro atoms. The van der Waals surface area contributed by atoms with Crippen molar-refractivity contribution in [2.45, 2.75) is 39.2 Å². The quantitative estimate of drug-likeness (QED) is 0.748. The summed E-state index contributed by atoms with van der Waals surface area (Å²) >= 11 is 7.42. The van der Waals surface area contributed by atoms with Crippen LogP contribution in [-0.2, 0) is 6.42 Å². The molecule has 1 atom stereocenters. The van der Waals surface area contributed by atoms with E-state index in [1.807, 2.05) is 19.1 Å². The van der Waals surface area contributed by atoms with Gasteiger partial charge in [0.25, 0.3) is 0 Å². The second-order valence-corrected chi connectivity index (χ2v) is 7.03. The highest BCUT2D eigenvalue weighted by Crippen LogP contribution is 2.26. The third-order valence-corrected chi connectivity index (χ3v) is 3.81. The smallest absolute Gasteiger partial charge is 0.0931 e. The highest BCUT2D eigenvalue weighted by atomic mass is 35.5. The number of nitrogens with one attached hydrogen (secondary N) is 1. The summed E-state index contributed by atoms with van der Waals surface area (Å²) in [4.78, 5) is 1.14. The van der Waals surface area contributed by atoms with Crippen LogP contribution in [0.2, 0.25) is 4.34 Å². The first-order valence-electron chi connectivity index (χ1n) is 6.06. The van der Waals surface area contributed by atoms with Crippen molar-refractivity contribution in [2.24, 2.45) is 5.92 Å². The zero-order valence-corrected chi connectivity index (χ0v) is 12.4. The Bertz CT molecular complexity index is 336. The van der Waals surface area contributed by atoms with E-state index in [-0.39, 0.29) is 0 Å². The fraction of sp³-hybridized carbons (Fsp3) is 0.692. The van der Waals surface area contributed by atoms with Gasteiger partial charge in [0, 0.05) is 11.3 Å². The third kappa shape index (κ3) is 6.41. The van der Waals surface area contributed by atoms with E-state index in [1.54, 1.807) is 11.3 Å². The Balaban J connectivity index is 2.30. The van der Waals surface area contributed by atoms with Crippen molar-refractivity contribution in [3.05, 3.63) is 21.3 Å². The van der Waals surface area contributed by atoms with Crippen molar-refractivity contribution in [1.29, 1.82) is 0 Å². The molecule has 1 aromatic heterocycles. The monoisotopic (exact) mass is 275 g/mol. The van der Waals surface area contributed by atoms with E-state index < -0.39 is 5.60 Å². The third-order valence-electron chi connectivity index (χ3n) is 2.58. The molecule has 2 N–H and O–H groups in total. The van der Waals surface area contributed by atoms with Crippen molar-refractivity contribution in [3.8, 4) is 0 Å². The van der Waals surface area contributed by atoms with Gasteiger partial charge in [-0.25, -0.2) is 0 Å². The molecule has 0 aromatic carbocycles. The summed E-state index contributed by atoms with van der Waals surface area (Å²) in [7, 11) is 0. The van der Waals surface area contributed by atoms with Gasteiger partial charge in [0.2, 0.25) is 0 Å². The predicted octanol–water partition coefficient (Wildman–Crippen LogP) is 3.33. The average Bonchev–Trinajstić information content (AvgIpc) is 2.57. The molecular weight excluding hydrogens is 254 g/mol. The lowest BCUT2D eigenvalue weighted by Crippen LogP contribution is -2.33. The minimum absolute atomic E-state index is 0.649. The minimum atomic E-state index is -0.655. The van der Waals surface area contributed by atoms with E-state index in [4.69, 9.17) is 11.6 Å². The molecule has 0 aliphatic heterocycles.